The number of rotatable bonds is 5. The van der Waals surface area contributed by atoms with Crippen molar-refractivity contribution in [3.05, 3.63) is 77.6 Å². The first-order valence-electron chi connectivity index (χ1n) is 9.30. The van der Waals surface area contributed by atoms with E-state index in [4.69, 9.17) is 5.14 Å². The van der Waals surface area contributed by atoms with Gasteiger partial charge in [0.25, 0.3) is 0 Å². The van der Waals surface area contributed by atoms with Gasteiger partial charge in [-0.2, -0.15) is 26.3 Å². The standard InChI is InChI=1S/C21H15F6N3O3S/c22-20(23,24)14-7-13(10-29-11-14)16-6-5-15(9-18(16)34(28,32)33)30-19(31)8-12-3-1-2-4-17(12)21(25,26)27/h1-7,9-11H,8H2,(H,30,31)(H2,28,32,33). The summed E-state index contributed by atoms with van der Waals surface area (Å²) < 4.78 is 103. The van der Waals surface area contributed by atoms with Gasteiger partial charge in [-0.3, -0.25) is 9.78 Å². The first kappa shape index (κ1) is 25.2. The lowest BCUT2D eigenvalue weighted by Crippen LogP contribution is -2.19. The van der Waals surface area contributed by atoms with E-state index >= 15 is 0 Å². The summed E-state index contributed by atoms with van der Waals surface area (Å²) in [6, 6.07) is 8.32. The van der Waals surface area contributed by atoms with E-state index in [0.29, 0.717) is 12.3 Å². The lowest BCUT2D eigenvalue weighted by atomic mass is 10.0. The summed E-state index contributed by atoms with van der Waals surface area (Å²) in [4.78, 5) is 15.2. The molecule has 3 aromatic rings. The van der Waals surface area contributed by atoms with Crippen molar-refractivity contribution in [2.24, 2.45) is 5.14 Å². The molecule has 3 N–H and O–H groups in total. The largest absolute Gasteiger partial charge is 0.417 e. The molecule has 3 rings (SSSR count). The van der Waals surface area contributed by atoms with E-state index in [-0.39, 0.29) is 22.4 Å². The van der Waals surface area contributed by atoms with Crippen molar-refractivity contribution in [1.82, 2.24) is 4.98 Å². The number of primary sulfonamides is 1. The van der Waals surface area contributed by atoms with Crippen LogP contribution in [-0.4, -0.2) is 19.3 Å². The number of carbonyl (C=O) groups excluding carboxylic acids is 1. The van der Waals surface area contributed by atoms with E-state index in [0.717, 1.165) is 30.5 Å². The topological polar surface area (TPSA) is 102 Å². The number of pyridine rings is 1. The second-order valence-corrected chi connectivity index (χ2v) is 8.63. The average molecular weight is 503 g/mol. The fraction of sp³-hybridized carbons (Fsp3) is 0.143. The predicted molar refractivity (Wildman–Crippen MR) is 110 cm³/mol. The summed E-state index contributed by atoms with van der Waals surface area (Å²) >= 11 is 0. The Morgan fingerprint density at radius 3 is 2.24 bits per heavy atom. The molecule has 0 unspecified atom stereocenters. The number of hydrogen-bond donors (Lipinski definition) is 2. The van der Waals surface area contributed by atoms with Gasteiger partial charge in [0.1, 0.15) is 0 Å². The molecule has 0 atom stereocenters. The molecular weight excluding hydrogens is 488 g/mol. The molecule has 0 bridgehead atoms. The van der Waals surface area contributed by atoms with Gasteiger partial charge < -0.3 is 5.32 Å². The second-order valence-electron chi connectivity index (χ2n) is 7.10. The van der Waals surface area contributed by atoms with Crippen molar-refractivity contribution in [3.8, 4) is 11.1 Å². The minimum atomic E-state index is -4.73. The van der Waals surface area contributed by atoms with E-state index in [2.05, 4.69) is 10.3 Å². The zero-order chi connectivity index (χ0) is 25.3. The van der Waals surface area contributed by atoms with Crippen molar-refractivity contribution in [1.29, 1.82) is 0 Å². The van der Waals surface area contributed by atoms with Gasteiger partial charge >= 0.3 is 12.4 Å². The number of hydrogen-bond acceptors (Lipinski definition) is 4. The van der Waals surface area contributed by atoms with Crippen molar-refractivity contribution >= 4 is 21.6 Å². The van der Waals surface area contributed by atoms with E-state index in [1.54, 1.807) is 0 Å². The highest BCUT2D eigenvalue weighted by Crippen LogP contribution is 2.35. The molecule has 1 aromatic heterocycles. The van der Waals surface area contributed by atoms with Gasteiger partial charge in [0.15, 0.2) is 0 Å². The summed E-state index contributed by atoms with van der Waals surface area (Å²) in [6.07, 6.45) is -8.51. The molecule has 0 aliphatic carbocycles. The highest BCUT2D eigenvalue weighted by molar-refractivity contribution is 7.89. The molecule has 0 spiro atoms. The molecule has 0 saturated heterocycles. The third kappa shape index (κ3) is 5.91. The molecule has 0 saturated carbocycles. The monoisotopic (exact) mass is 503 g/mol. The molecule has 1 amide bonds. The first-order chi connectivity index (χ1) is 15.7. The third-order valence-corrected chi connectivity index (χ3v) is 5.57. The van der Waals surface area contributed by atoms with Crippen LogP contribution in [0.3, 0.4) is 0 Å². The Bertz CT molecular complexity index is 1340. The van der Waals surface area contributed by atoms with E-state index < -0.39 is 50.7 Å². The number of amides is 1. The zero-order valence-corrected chi connectivity index (χ0v) is 17.7. The average Bonchev–Trinajstić information content (AvgIpc) is 2.72. The smallest absolute Gasteiger partial charge is 0.326 e. The van der Waals surface area contributed by atoms with Gasteiger partial charge in [-0.1, -0.05) is 24.3 Å². The molecule has 0 radical (unpaired) electrons. The number of anilines is 1. The minimum Gasteiger partial charge on any atom is -0.326 e. The van der Waals surface area contributed by atoms with E-state index in [9.17, 15) is 39.6 Å². The maximum Gasteiger partial charge on any atom is 0.417 e. The SMILES string of the molecule is NS(=O)(=O)c1cc(NC(=O)Cc2ccccc2C(F)(F)F)ccc1-c1cncc(C(F)(F)F)c1. The van der Waals surface area contributed by atoms with Crippen LogP contribution in [0.2, 0.25) is 0 Å². The lowest BCUT2D eigenvalue weighted by Gasteiger charge is -2.14. The number of sulfonamides is 1. The van der Waals surface area contributed by atoms with Gasteiger partial charge in [-0.15, -0.1) is 0 Å². The number of aromatic nitrogens is 1. The van der Waals surface area contributed by atoms with Gasteiger partial charge in [-0.05, 0) is 29.8 Å². The normalized spacial score (nSPS) is 12.4. The lowest BCUT2D eigenvalue weighted by molar-refractivity contribution is -0.139. The molecule has 34 heavy (non-hydrogen) atoms. The quantitative estimate of drug-likeness (QED) is 0.497. The molecule has 1 heterocycles. The summed E-state index contributed by atoms with van der Waals surface area (Å²) in [7, 11) is -4.48. The van der Waals surface area contributed by atoms with Crippen molar-refractivity contribution in [3.63, 3.8) is 0 Å². The number of alkyl halides is 6. The molecule has 0 aliphatic heterocycles. The fourth-order valence-electron chi connectivity index (χ4n) is 3.15. The van der Waals surface area contributed by atoms with E-state index in [1.165, 1.54) is 18.2 Å². The number of carbonyl (C=O) groups is 1. The van der Waals surface area contributed by atoms with Gasteiger partial charge in [0.2, 0.25) is 15.9 Å². The Hall–Kier alpha value is -3.45. The summed E-state index contributed by atoms with van der Waals surface area (Å²) in [5.41, 5.74) is -2.96. The van der Waals surface area contributed by atoms with Crippen LogP contribution in [-0.2, 0) is 33.6 Å². The third-order valence-electron chi connectivity index (χ3n) is 4.62. The van der Waals surface area contributed by atoms with Gasteiger partial charge in [0, 0.05) is 29.2 Å². The zero-order valence-electron chi connectivity index (χ0n) is 16.9. The minimum absolute atomic E-state index is 0.137. The van der Waals surface area contributed by atoms with E-state index in [1.807, 2.05) is 0 Å². The Kier molecular flexibility index (Phi) is 6.71. The maximum atomic E-state index is 13.1. The number of benzene rings is 2. The number of halogens is 6. The fourth-order valence-corrected chi connectivity index (χ4v) is 3.93. The van der Waals surface area contributed by atoms with Gasteiger partial charge in [-0.25, -0.2) is 13.6 Å². The molecule has 0 aliphatic rings. The Balaban J connectivity index is 1.94. The molecule has 0 fully saturated rings. The van der Waals surface area contributed by atoms with Crippen molar-refractivity contribution in [2.75, 3.05) is 5.32 Å². The second kappa shape index (κ2) is 9.06. The van der Waals surface area contributed by atoms with Crippen LogP contribution in [0.1, 0.15) is 16.7 Å². The summed E-state index contributed by atoms with van der Waals surface area (Å²) in [5.74, 6) is -0.884. The molecular formula is C21H15F6N3O3S. The van der Waals surface area contributed by atoms with Crippen LogP contribution in [0.15, 0.2) is 65.8 Å². The Labute approximate surface area is 189 Å². The van der Waals surface area contributed by atoms with Crippen LogP contribution >= 0.6 is 0 Å². The van der Waals surface area contributed by atoms with Crippen LogP contribution in [0.25, 0.3) is 11.1 Å². The van der Waals surface area contributed by atoms with Crippen molar-refractivity contribution < 1.29 is 39.6 Å². The predicted octanol–water partition coefficient (Wildman–Crippen LogP) is 4.61. The molecule has 6 nitrogen and oxygen atoms in total. The highest BCUT2D eigenvalue weighted by Gasteiger charge is 2.33. The van der Waals surface area contributed by atoms with Crippen LogP contribution in [0.5, 0.6) is 0 Å². The van der Waals surface area contributed by atoms with Crippen LogP contribution in [0, 0.1) is 0 Å². The highest BCUT2D eigenvalue weighted by atomic mass is 32.2. The van der Waals surface area contributed by atoms with Crippen molar-refractivity contribution in [2.45, 2.75) is 23.7 Å². The molecule has 2 aromatic carbocycles. The molecule has 180 valence electrons. The summed E-state index contributed by atoms with van der Waals surface area (Å²) in [6.45, 7) is 0. The number of nitrogens with two attached hydrogens (primary N) is 1. The Morgan fingerprint density at radius 2 is 1.62 bits per heavy atom. The van der Waals surface area contributed by atoms with Crippen LogP contribution < -0.4 is 10.5 Å². The maximum absolute atomic E-state index is 13.1. The summed E-state index contributed by atoms with van der Waals surface area (Å²) in [5, 5.41) is 7.48. The van der Waals surface area contributed by atoms with Crippen LogP contribution in [0.4, 0.5) is 32.0 Å². The number of nitrogens with zero attached hydrogens (tertiary/aromatic N) is 1. The Morgan fingerprint density at radius 1 is 0.941 bits per heavy atom. The first-order valence-corrected chi connectivity index (χ1v) is 10.9. The van der Waals surface area contributed by atoms with Gasteiger partial charge in [0.05, 0.1) is 22.4 Å². The number of nitrogens with one attached hydrogen (secondary N) is 1. The molecule has 13 heteroatoms.